The van der Waals surface area contributed by atoms with Crippen LogP contribution in [0.25, 0.3) is 0 Å². The lowest BCUT2D eigenvalue weighted by Crippen LogP contribution is -2.16. The van der Waals surface area contributed by atoms with Gasteiger partial charge in [0.1, 0.15) is 18.1 Å². The molecule has 1 unspecified atom stereocenters. The first-order valence-corrected chi connectivity index (χ1v) is 9.23. The Morgan fingerprint density at radius 1 is 1.32 bits per heavy atom. The van der Waals surface area contributed by atoms with Crippen LogP contribution in [0.2, 0.25) is 0 Å². The molecule has 1 heterocycles. The van der Waals surface area contributed by atoms with Crippen LogP contribution in [0, 0.1) is 3.57 Å². The van der Waals surface area contributed by atoms with Crippen molar-refractivity contribution in [2.45, 2.75) is 18.9 Å². The van der Waals surface area contributed by atoms with Gasteiger partial charge in [0.25, 0.3) is 5.91 Å². The molecule has 6 heteroatoms. The zero-order valence-electron chi connectivity index (χ0n) is 14.0. The Balaban J connectivity index is 1.62. The van der Waals surface area contributed by atoms with E-state index in [4.69, 9.17) is 14.2 Å². The van der Waals surface area contributed by atoms with Gasteiger partial charge in [0.05, 0.1) is 16.8 Å². The van der Waals surface area contributed by atoms with E-state index in [-0.39, 0.29) is 12.0 Å². The summed E-state index contributed by atoms with van der Waals surface area (Å²) < 4.78 is 17.4. The van der Waals surface area contributed by atoms with Crippen molar-refractivity contribution in [2.24, 2.45) is 0 Å². The zero-order chi connectivity index (χ0) is 17.6. The summed E-state index contributed by atoms with van der Waals surface area (Å²) in [7, 11) is 1.61. The van der Waals surface area contributed by atoms with Gasteiger partial charge < -0.3 is 19.5 Å². The van der Waals surface area contributed by atoms with Gasteiger partial charge in [-0.15, -0.1) is 0 Å². The van der Waals surface area contributed by atoms with Crippen molar-refractivity contribution in [1.29, 1.82) is 0 Å². The second-order valence-corrected chi connectivity index (χ2v) is 6.94. The van der Waals surface area contributed by atoms with Gasteiger partial charge in [0.15, 0.2) is 0 Å². The molecule has 1 atom stereocenters. The Labute approximate surface area is 160 Å². The van der Waals surface area contributed by atoms with Gasteiger partial charge in [0, 0.05) is 23.9 Å². The fraction of sp³-hybridized carbons (Fsp3) is 0.316. The molecule has 5 nitrogen and oxygen atoms in total. The van der Waals surface area contributed by atoms with Gasteiger partial charge in [-0.25, -0.2) is 0 Å². The Morgan fingerprint density at radius 2 is 2.20 bits per heavy atom. The van der Waals surface area contributed by atoms with E-state index in [1.807, 2.05) is 24.3 Å². The third-order valence-electron chi connectivity index (χ3n) is 3.97. The number of methoxy groups -OCH3 is 1. The fourth-order valence-corrected chi connectivity index (χ4v) is 3.37. The number of hydrogen-bond acceptors (Lipinski definition) is 4. The number of rotatable bonds is 6. The maximum absolute atomic E-state index is 12.4. The third kappa shape index (κ3) is 4.85. The highest BCUT2D eigenvalue weighted by molar-refractivity contribution is 14.1. The number of halogens is 1. The molecule has 0 saturated carbocycles. The van der Waals surface area contributed by atoms with Crippen LogP contribution in [0.15, 0.2) is 42.5 Å². The number of hydrogen-bond donors (Lipinski definition) is 1. The molecule has 0 radical (unpaired) electrons. The second kappa shape index (κ2) is 8.53. The summed E-state index contributed by atoms with van der Waals surface area (Å²) in [6, 6.07) is 12.7. The van der Waals surface area contributed by atoms with Gasteiger partial charge in [-0.1, -0.05) is 6.07 Å². The van der Waals surface area contributed by atoms with Crippen LogP contribution in [0.4, 0.5) is 5.69 Å². The lowest BCUT2D eigenvalue weighted by Gasteiger charge is -2.13. The summed E-state index contributed by atoms with van der Waals surface area (Å²) in [5.41, 5.74) is 1.27. The number of benzene rings is 2. The van der Waals surface area contributed by atoms with Gasteiger partial charge in [-0.05, 0) is 65.8 Å². The first-order chi connectivity index (χ1) is 12.2. The van der Waals surface area contributed by atoms with Crippen molar-refractivity contribution in [2.75, 3.05) is 25.6 Å². The highest BCUT2D eigenvalue weighted by Crippen LogP contribution is 2.23. The number of amides is 1. The molecular formula is C19H20INO4. The minimum atomic E-state index is -0.170. The summed E-state index contributed by atoms with van der Waals surface area (Å²) in [4.78, 5) is 12.4. The van der Waals surface area contributed by atoms with Crippen LogP contribution in [0.3, 0.4) is 0 Å². The number of carbonyl (C=O) groups is 1. The van der Waals surface area contributed by atoms with Crippen LogP contribution in [0.1, 0.15) is 23.2 Å². The van der Waals surface area contributed by atoms with Crippen LogP contribution >= 0.6 is 22.6 Å². The molecule has 25 heavy (non-hydrogen) atoms. The van der Waals surface area contributed by atoms with Crippen molar-refractivity contribution in [3.8, 4) is 11.5 Å². The predicted molar refractivity (Wildman–Crippen MR) is 105 cm³/mol. The normalized spacial score (nSPS) is 16.5. The highest BCUT2D eigenvalue weighted by atomic mass is 127. The molecular weight excluding hydrogens is 433 g/mol. The highest BCUT2D eigenvalue weighted by Gasteiger charge is 2.16. The minimum Gasteiger partial charge on any atom is -0.496 e. The molecule has 1 N–H and O–H groups in total. The Kier molecular flexibility index (Phi) is 6.14. The van der Waals surface area contributed by atoms with Gasteiger partial charge >= 0.3 is 0 Å². The van der Waals surface area contributed by atoms with Crippen molar-refractivity contribution < 1.29 is 19.0 Å². The topological polar surface area (TPSA) is 56.8 Å². The minimum absolute atomic E-state index is 0.166. The molecule has 1 amide bonds. The van der Waals surface area contributed by atoms with Crippen LogP contribution in [-0.4, -0.2) is 32.3 Å². The zero-order valence-corrected chi connectivity index (χ0v) is 16.1. The van der Waals surface area contributed by atoms with E-state index in [1.165, 1.54) is 0 Å². The Bertz CT molecular complexity index is 744. The van der Waals surface area contributed by atoms with Crippen molar-refractivity contribution in [1.82, 2.24) is 0 Å². The maximum Gasteiger partial charge on any atom is 0.255 e. The fourth-order valence-electron chi connectivity index (χ4n) is 2.64. The summed E-state index contributed by atoms with van der Waals surface area (Å²) >= 11 is 2.15. The average molecular weight is 453 g/mol. The van der Waals surface area contributed by atoms with E-state index in [9.17, 15) is 4.79 Å². The second-order valence-electron chi connectivity index (χ2n) is 5.78. The number of carbonyl (C=O) groups excluding carboxylic acids is 1. The lowest BCUT2D eigenvalue weighted by atomic mass is 10.2. The SMILES string of the molecule is COc1ccc(C(=O)Nc2cccc(OCC3CCCO3)c2)cc1I. The quantitative estimate of drug-likeness (QED) is 0.670. The van der Waals surface area contributed by atoms with E-state index in [2.05, 4.69) is 27.9 Å². The van der Waals surface area contributed by atoms with Crippen molar-refractivity contribution in [3.05, 3.63) is 51.6 Å². The summed E-state index contributed by atoms with van der Waals surface area (Å²) in [6.07, 6.45) is 2.29. The molecule has 1 aliphatic rings. The van der Waals surface area contributed by atoms with E-state index in [1.54, 1.807) is 25.3 Å². The van der Waals surface area contributed by atoms with Gasteiger partial charge in [-0.3, -0.25) is 4.79 Å². The molecule has 2 aromatic rings. The van der Waals surface area contributed by atoms with Crippen LogP contribution in [-0.2, 0) is 4.74 Å². The predicted octanol–water partition coefficient (Wildman–Crippen LogP) is 4.11. The molecule has 2 aromatic carbocycles. The lowest BCUT2D eigenvalue weighted by molar-refractivity contribution is 0.0680. The molecule has 3 rings (SSSR count). The number of anilines is 1. The molecule has 0 aliphatic carbocycles. The first-order valence-electron chi connectivity index (χ1n) is 8.15. The monoisotopic (exact) mass is 453 g/mol. The summed E-state index contributed by atoms with van der Waals surface area (Å²) in [6.45, 7) is 1.35. The van der Waals surface area contributed by atoms with Gasteiger partial charge in [0.2, 0.25) is 0 Å². The summed E-state index contributed by atoms with van der Waals surface area (Å²) in [5, 5.41) is 2.90. The molecule has 132 valence electrons. The van der Waals surface area contributed by atoms with E-state index in [0.717, 1.165) is 34.5 Å². The number of nitrogens with one attached hydrogen (secondary N) is 1. The first kappa shape index (κ1) is 18.0. The molecule has 1 fully saturated rings. The van der Waals surface area contributed by atoms with E-state index >= 15 is 0 Å². The van der Waals surface area contributed by atoms with Gasteiger partial charge in [-0.2, -0.15) is 0 Å². The molecule has 0 bridgehead atoms. The van der Waals surface area contributed by atoms with Crippen LogP contribution in [0.5, 0.6) is 11.5 Å². The smallest absolute Gasteiger partial charge is 0.255 e. The van der Waals surface area contributed by atoms with E-state index in [0.29, 0.717) is 17.9 Å². The van der Waals surface area contributed by atoms with Crippen LogP contribution < -0.4 is 14.8 Å². The van der Waals surface area contributed by atoms with E-state index < -0.39 is 0 Å². The molecule has 0 spiro atoms. The van der Waals surface area contributed by atoms with Crippen molar-refractivity contribution >= 4 is 34.2 Å². The largest absolute Gasteiger partial charge is 0.496 e. The number of ether oxygens (including phenoxy) is 3. The van der Waals surface area contributed by atoms with Crippen molar-refractivity contribution in [3.63, 3.8) is 0 Å². The summed E-state index contributed by atoms with van der Waals surface area (Å²) in [5.74, 6) is 1.30. The third-order valence-corrected chi connectivity index (χ3v) is 4.81. The molecule has 0 aromatic heterocycles. The maximum atomic E-state index is 12.4. The standard InChI is InChI=1S/C19H20INO4/c1-23-18-8-7-13(10-17(18)20)19(22)21-14-4-2-5-15(11-14)25-12-16-6-3-9-24-16/h2,4-5,7-8,10-11,16H,3,6,9,12H2,1H3,(H,21,22). The Morgan fingerprint density at radius 3 is 2.92 bits per heavy atom. The average Bonchev–Trinajstić information content (AvgIpc) is 3.14. The Hall–Kier alpha value is -1.80. The molecule has 1 aliphatic heterocycles. The molecule has 1 saturated heterocycles.